The van der Waals surface area contributed by atoms with E-state index in [9.17, 15) is 4.79 Å². The zero-order valence-electron chi connectivity index (χ0n) is 12.7. The third kappa shape index (κ3) is 3.40. The minimum atomic E-state index is 0. The van der Waals surface area contributed by atoms with Gasteiger partial charge in [0.1, 0.15) is 5.75 Å². The van der Waals surface area contributed by atoms with Crippen LogP contribution in [-0.4, -0.2) is 47.6 Å². The fraction of sp³-hybridized carbons (Fsp3) is 0.308. The first-order valence-corrected chi connectivity index (χ1v) is 5.59. The molecule has 5 heteroatoms. The number of hydrogen-bond donors (Lipinski definition) is 2. The first-order valence-electron chi connectivity index (χ1n) is 5.59. The van der Waals surface area contributed by atoms with Crippen molar-refractivity contribution in [2.75, 3.05) is 13.7 Å². The predicted molar refractivity (Wildman–Crippen MR) is 75.2 cm³/mol. The zero-order valence-corrected chi connectivity index (χ0v) is 12.2. The second-order valence-corrected chi connectivity index (χ2v) is 3.96. The standard InChI is InChI=1S/C13H16N2O2.Mg.2H/c1-9(16)14-6-5-10-8-15-13-4-3-11(17-2)7-12(10)13;;;/h3-4,7-8,15H,5-6H2,1-2H3,(H,14,16);;;/q;+2;2*-1. The van der Waals surface area contributed by atoms with Gasteiger partial charge in [0.25, 0.3) is 0 Å². The molecule has 0 bridgehead atoms. The van der Waals surface area contributed by atoms with Gasteiger partial charge in [0.2, 0.25) is 5.91 Å². The van der Waals surface area contributed by atoms with Gasteiger partial charge in [-0.25, -0.2) is 0 Å². The maximum Gasteiger partial charge on any atom is 2.00 e. The Hall–Kier alpha value is -1.20. The molecular formula is C13H18MgN2O2. The summed E-state index contributed by atoms with van der Waals surface area (Å²) in [7, 11) is 1.66. The smallest absolute Gasteiger partial charge is 1.00 e. The van der Waals surface area contributed by atoms with Crippen LogP contribution in [0.1, 0.15) is 15.3 Å². The van der Waals surface area contributed by atoms with Crippen LogP contribution in [0.15, 0.2) is 24.4 Å². The molecule has 0 atom stereocenters. The van der Waals surface area contributed by atoms with E-state index in [2.05, 4.69) is 10.3 Å². The van der Waals surface area contributed by atoms with Crippen LogP contribution < -0.4 is 10.1 Å². The van der Waals surface area contributed by atoms with Gasteiger partial charge in [-0.05, 0) is 30.2 Å². The zero-order chi connectivity index (χ0) is 12.3. The Kier molecular flexibility index (Phi) is 5.49. The number of amides is 1. The first-order chi connectivity index (χ1) is 8.20. The number of fused-ring (bicyclic) bond motifs is 1. The number of benzene rings is 1. The SMILES string of the molecule is COc1ccc2[nH]cc(CCNC(C)=O)c2c1.[H-].[H-].[Mg+2]. The largest absolute Gasteiger partial charge is 2.00 e. The van der Waals surface area contributed by atoms with Crippen molar-refractivity contribution in [1.29, 1.82) is 0 Å². The van der Waals surface area contributed by atoms with E-state index in [4.69, 9.17) is 4.74 Å². The Labute approximate surface area is 125 Å². The molecular weight excluding hydrogens is 240 g/mol. The number of rotatable bonds is 4. The fourth-order valence-electron chi connectivity index (χ4n) is 1.86. The molecule has 94 valence electrons. The molecule has 0 aliphatic carbocycles. The van der Waals surface area contributed by atoms with Crippen LogP contribution in [0.25, 0.3) is 10.9 Å². The van der Waals surface area contributed by atoms with Gasteiger partial charge >= 0.3 is 23.1 Å². The molecule has 1 heterocycles. The third-order valence-corrected chi connectivity index (χ3v) is 2.74. The predicted octanol–water partition coefficient (Wildman–Crippen LogP) is 1.70. The molecule has 0 saturated heterocycles. The first kappa shape index (κ1) is 14.9. The summed E-state index contributed by atoms with van der Waals surface area (Å²) in [5.41, 5.74) is 2.27. The van der Waals surface area contributed by atoms with Gasteiger partial charge in [0.05, 0.1) is 7.11 Å². The second-order valence-electron chi connectivity index (χ2n) is 3.96. The molecule has 0 aliphatic rings. The summed E-state index contributed by atoms with van der Waals surface area (Å²) < 4.78 is 5.21. The molecule has 18 heavy (non-hydrogen) atoms. The average Bonchev–Trinajstić information content (AvgIpc) is 2.71. The maximum absolute atomic E-state index is 10.8. The van der Waals surface area contributed by atoms with Crippen molar-refractivity contribution in [3.8, 4) is 5.75 Å². The van der Waals surface area contributed by atoms with Crippen molar-refractivity contribution in [3.05, 3.63) is 30.0 Å². The number of aromatic amines is 1. The van der Waals surface area contributed by atoms with Gasteiger partial charge in [0.15, 0.2) is 0 Å². The number of carbonyl (C=O) groups excluding carboxylic acids is 1. The third-order valence-electron chi connectivity index (χ3n) is 2.74. The number of aromatic nitrogens is 1. The van der Waals surface area contributed by atoms with E-state index in [-0.39, 0.29) is 31.8 Å². The summed E-state index contributed by atoms with van der Waals surface area (Å²) >= 11 is 0. The molecule has 0 fully saturated rings. The Morgan fingerprint density at radius 3 is 2.94 bits per heavy atom. The number of methoxy groups -OCH3 is 1. The molecule has 1 aromatic carbocycles. The van der Waals surface area contributed by atoms with Crippen LogP contribution in [0.3, 0.4) is 0 Å². The Balaban J connectivity index is 0. The summed E-state index contributed by atoms with van der Waals surface area (Å²) in [6, 6.07) is 5.93. The second kappa shape index (κ2) is 6.65. The normalized spacial score (nSPS) is 9.89. The van der Waals surface area contributed by atoms with E-state index in [0.29, 0.717) is 6.54 Å². The van der Waals surface area contributed by atoms with Crippen molar-refractivity contribution >= 4 is 39.9 Å². The molecule has 0 saturated carbocycles. The Bertz CT molecular complexity index is 546. The number of nitrogens with one attached hydrogen (secondary N) is 2. The van der Waals surface area contributed by atoms with Crippen molar-refractivity contribution < 1.29 is 12.4 Å². The molecule has 4 nitrogen and oxygen atoms in total. The molecule has 2 aromatic rings. The fourth-order valence-corrected chi connectivity index (χ4v) is 1.86. The van der Waals surface area contributed by atoms with E-state index in [1.165, 1.54) is 12.5 Å². The molecule has 0 radical (unpaired) electrons. The van der Waals surface area contributed by atoms with E-state index in [1.54, 1.807) is 7.11 Å². The van der Waals surface area contributed by atoms with Crippen molar-refractivity contribution in [1.82, 2.24) is 10.3 Å². The number of ether oxygens (including phenoxy) is 1. The van der Waals surface area contributed by atoms with Gasteiger partial charge in [-0.1, -0.05) is 0 Å². The molecule has 1 aromatic heterocycles. The summed E-state index contributed by atoms with van der Waals surface area (Å²) in [6.07, 6.45) is 2.79. The van der Waals surface area contributed by atoms with E-state index in [1.807, 2.05) is 24.4 Å². The van der Waals surface area contributed by atoms with Crippen LogP contribution in [0.4, 0.5) is 0 Å². The maximum atomic E-state index is 10.8. The number of hydrogen-bond acceptors (Lipinski definition) is 2. The van der Waals surface area contributed by atoms with Crippen molar-refractivity contribution in [3.63, 3.8) is 0 Å². The molecule has 1 amide bonds. The van der Waals surface area contributed by atoms with Crippen LogP contribution >= 0.6 is 0 Å². The molecule has 2 N–H and O–H groups in total. The van der Waals surface area contributed by atoms with Crippen LogP contribution in [0.2, 0.25) is 0 Å². The van der Waals surface area contributed by atoms with Crippen molar-refractivity contribution in [2.45, 2.75) is 13.3 Å². The summed E-state index contributed by atoms with van der Waals surface area (Å²) in [5, 5.41) is 3.94. The van der Waals surface area contributed by atoms with Crippen LogP contribution in [-0.2, 0) is 11.2 Å². The molecule has 0 unspecified atom stereocenters. The topological polar surface area (TPSA) is 54.1 Å². The van der Waals surface area contributed by atoms with Gasteiger partial charge in [-0.15, -0.1) is 0 Å². The molecule has 0 aliphatic heterocycles. The van der Waals surface area contributed by atoms with Crippen LogP contribution in [0, 0.1) is 0 Å². The van der Waals surface area contributed by atoms with E-state index >= 15 is 0 Å². The molecule has 0 spiro atoms. The van der Waals surface area contributed by atoms with Gasteiger partial charge in [-0.2, -0.15) is 0 Å². The monoisotopic (exact) mass is 258 g/mol. The van der Waals surface area contributed by atoms with Gasteiger partial charge in [-0.3, -0.25) is 4.79 Å². The minimum absolute atomic E-state index is 0. The Morgan fingerprint density at radius 1 is 1.50 bits per heavy atom. The summed E-state index contributed by atoms with van der Waals surface area (Å²) in [4.78, 5) is 14.0. The summed E-state index contributed by atoms with van der Waals surface area (Å²) in [6.45, 7) is 2.18. The summed E-state index contributed by atoms with van der Waals surface area (Å²) in [5.74, 6) is 0.847. The molecule has 2 rings (SSSR count). The van der Waals surface area contributed by atoms with E-state index in [0.717, 1.165) is 23.1 Å². The van der Waals surface area contributed by atoms with Gasteiger partial charge in [0, 0.05) is 30.6 Å². The van der Waals surface area contributed by atoms with Gasteiger partial charge < -0.3 is 17.9 Å². The van der Waals surface area contributed by atoms with Crippen LogP contribution in [0.5, 0.6) is 5.75 Å². The average molecular weight is 259 g/mol. The Morgan fingerprint density at radius 2 is 2.28 bits per heavy atom. The van der Waals surface area contributed by atoms with E-state index < -0.39 is 0 Å². The quantitative estimate of drug-likeness (QED) is 0.820. The van der Waals surface area contributed by atoms with Crippen molar-refractivity contribution in [2.24, 2.45) is 0 Å². The number of H-pyrrole nitrogens is 1. The minimum Gasteiger partial charge on any atom is -1.00 e. The number of carbonyl (C=O) groups is 1.